The van der Waals surface area contributed by atoms with E-state index in [4.69, 9.17) is 9.57 Å². The molecule has 2 rings (SSSR count). The number of hydroxylamine groups is 2. The van der Waals surface area contributed by atoms with Crippen LogP contribution in [0.1, 0.15) is 48.4 Å². The Bertz CT molecular complexity index is 567. The van der Waals surface area contributed by atoms with Gasteiger partial charge in [0.25, 0.3) is 11.8 Å². The molecule has 1 aromatic carbocycles. The third kappa shape index (κ3) is 3.11. The number of fused-ring (bicyclic) bond motifs is 1. The van der Waals surface area contributed by atoms with Gasteiger partial charge in [-0.05, 0) is 39.8 Å². The number of imide groups is 1. The number of amides is 2. The first kappa shape index (κ1) is 15.2. The van der Waals surface area contributed by atoms with Crippen LogP contribution in [0.15, 0.2) is 24.3 Å². The largest absolute Gasteiger partial charge is 0.458 e. The topological polar surface area (TPSA) is 72.9 Å². The molecule has 6 heteroatoms. The molecule has 0 aromatic heterocycles. The molecule has 0 N–H and O–H groups in total. The molecule has 2 amide bonds. The summed E-state index contributed by atoms with van der Waals surface area (Å²) in [6.45, 7) is 6.59. The average molecular weight is 291 g/mol. The van der Waals surface area contributed by atoms with Crippen LogP contribution in [0.2, 0.25) is 0 Å². The van der Waals surface area contributed by atoms with Gasteiger partial charge in [0, 0.05) is 0 Å². The summed E-state index contributed by atoms with van der Waals surface area (Å²) in [5.41, 5.74) is -0.144. The number of esters is 1. The highest BCUT2D eigenvalue weighted by Gasteiger charge is 2.39. The first-order valence-electron chi connectivity index (χ1n) is 6.58. The molecule has 0 radical (unpaired) electrons. The summed E-state index contributed by atoms with van der Waals surface area (Å²) in [7, 11) is 0. The van der Waals surface area contributed by atoms with Crippen molar-refractivity contribution in [2.45, 2.75) is 39.4 Å². The van der Waals surface area contributed by atoms with Crippen LogP contribution in [0, 0.1) is 0 Å². The van der Waals surface area contributed by atoms with Crippen molar-refractivity contribution in [2.24, 2.45) is 0 Å². The Kier molecular flexibility index (Phi) is 3.82. The van der Waals surface area contributed by atoms with Gasteiger partial charge in [-0.1, -0.05) is 12.1 Å². The van der Waals surface area contributed by atoms with Gasteiger partial charge < -0.3 is 4.74 Å². The molecular formula is C15H17NO5. The van der Waals surface area contributed by atoms with Gasteiger partial charge in [-0.2, -0.15) is 0 Å². The molecule has 1 atom stereocenters. The fraction of sp³-hybridized carbons (Fsp3) is 0.400. The van der Waals surface area contributed by atoms with Crippen molar-refractivity contribution in [3.63, 3.8) is 0 Å². The molecule has 0 spiro atoms. The summed E-state index contributed by atoms with van der Waals surface area (Å²) in [5.74, 6) is -1.80. The molecule has 0 unspecified atom stereocenters. The van der Waals surface area contributed by atoms with Crippen molar-refractivity contribution < 1.29 is 24.0 Å². The number of hydrogen-bond donors (Lipinski definition) is 0. The zero-order valence-corrected chi connectivity index (χ0v) is 12.4. The summed E-state index contributed by atoms with van der Waals surface area (Å²) in [5, 5.41) is 0.610. The Labute approximate surface area is 122 Å². The van der Waals surface area contributed by atoms with Crippen LogP contribution in [-0.4, -0.2) is 34.6 Å². The Balaban J connectivity index is 2.10. The van der Waals surface area contributed by atoms with E-state index in [-0.39, 0.29) is 11.1 Å². The zero-order valence-electron chi connectivity index (χ0n) is 12.4. The number of nitrogens with zero attached hydrogens (tertiary/aromatic N) is 1. The smallest absolute Gasteiger partial charge is 0.338 e. The molecule has 0 bridgehead atoms. The van der Waals surface area contributed by atoms with E-state index >= 15 is 0 Å². The Morgan fingerprint density at radius 2 is 1.57 bits per heavy atom. The van der Waals surface area contributed by atoms with E-state index in [1.807, 2.05) is 0 Å². The molecule has 0 aliphatic carbocycles. The highest BCUT2D eigenvalue weighted by molar-refractivity contribution is 6.20. The minimum atomic E-state index is -1.06. The first-order valence-corrected chi connectivity index (χ1v) is 6.58. The second-order valence-electron chi connectivity index (χ2n) is 5.73. The fourth-order valence-corrected chi connectivity index (χ4v) is 1.85. The van der Waals surface area contributed by atoms with Gasteiger partial charge in [-0.15, -0.1) is 5.06 Å². The molecule has 0 fully saturated rings. The summed E-state index contributed by atoms with van der Waals surface area (Å²) in [4.78, 5) is 41.2. The Morgan fingerprint density at radius 1 is 1.10 bits per heavy atom. The monoisotopic (exact) mass is 291 g/mol. The van der Waals surface area contributed by atoms with Crippen LogP contribution in [0.3, 0.4) is 0 Å². The zero-order chi connectivity index (χ0) is 15.8. The first-order chi connectivity index (χ1) is 9.70. The lowest BCUT2D eigenvalue weighted by atomic mass is 10.1. The van der Waals surface area contributed by atoms with Gasteiger partial charge in [0.05, 0.1) is 11.1 Å². The van der Waals surface area contributed by atoms with E-state index in [9.17, 15) is 14.4 Å². The molecule has 1 heterocycles. The molecule has 1 aromatic rings. The second kappa shape index (κ2) is 5.29. The average Bonchev–Trinajstić information content (AvgIpc) is 2.62. The molecule has 112 valence electrons. The van der Waals surface area contributed by atoms with Crippen LogP contribution in [0.5, 0.6) is 0 Å². The van der Waals surface area contributed by atoms with Gasteiger partial charge in [0.2, 0.25) is 0 Å². The molecule has 0 saturated heterocycles. The predicted octanol–water partition coefficient (Wildman–Crippen LogP) is 1.94. The minimum Gasteiger partial charge on any atom is -0.458 e. The van der Waals surface area contributed by atoms with Crippen LogP contribution in [0.25, 0.3) is 0 Å². The number of hydrogen-bond acceptors (Lipinski definition) is 5. The lowest BCUT2D eigenvalue weighted by Crippen LogP contribution is -2.39. The van der Waals surface area contributed by atoms with Gasteiger partial charge >= 0.3 is 5.97 Å². The molecule has 1 aliphatic rings. The van der Waals surface area contributed by atoms with E-state index in [0.717, 1.165) is 0 Å². The van der Waals surface area contributed by atoms with Crippen molar-refractivity contribution in [1.82, 2.24) is 5.06 Å². The lowest BCUT2D eigenvalue weighted by molar-refractivity contribution is -0.186. The Hall–Kier alpha value is -2.21. The van der Waals surface area contributed by atoms with Crippen molar-refractivity contribution in [3.05, 3.63) is 35.4 Å². The van der Waals surface area contributed by atoms with Crippen molar-refractivity contribution >= 4 is 17.8 Å². The summed E-state index contributed by atoms with van der Waals surface area (Å²) in [6, 6.07) is 6.39. The quantitative estimate of drug-likeness (QED) is 0.628. The predicted molar refractivity (Wildman–Crippen MR) is 73.3 cm³/mol. The third-order valence-corrected chi connectivity index (χ3v) is 2.76. The van der Waals surface area contributed by atoms with Crippen molar-refractivity contribution in [2.75, 3.05) is 0 Å². The van der Waals surface area contributed by atoms with E-state index in [1.165, 1.54) is 19.1 Å². The molecule has 0 saturated carbocycles. The normalized spacial score (nSPS) is 15.9. The summed E-state index contributed by atoms with van der Waals surface area (Å²) in [6.07, 6.45) is -1.06. The maximum atomic E-state index is 12.1. The fourth-order valence-electron chi connectivity index (χ4n) is 1.85. The van der Waals surface area contributed by atoms with Crippen LogP contribution in [-0.2, 0) is 14.4 Å². The summed E-state index contributed by atoms with van der Waals surface area (Å²) < 4.78 is 5.14. The molecule has 6 nitrogen and oxygen atoms in total. The molecular weight excluding hydrogens is 274 g/mol. The molecule has 21 heavy (non-hydrogen) atoms. The highest BCUT2D eigenvalue weighted by Crippen LogP contribution is 2.23. The lowest BCUT2D eigenvalue weighted by Gasteiger charge is -2.23. The minimum absolute atomic E-state index is 0.263. The SMILES string of the molecule is C[C@@H](ON1C(=O)c2ccccc2C1=O)C(=O)OC(C)(C)C. The third-order valence-electron chi connectivity index (χ3n) is 2.76. The van der Waals surface area contributed by atoms with E-state index < -0.39 is 29.5 Å². The highest BCUT2D eigenvalue weighted by atomic mass is 16.7. The van der Waals surface area contributed by atoms with Crippen LogP contribution >= 0.6 is 0 Å². The standard InChI is InChI=1S/C15H17NO5/c1-9(14(19)20-15(2,3)4)21-16-12(17)10-7-5-6-8-11(10)13(16)18/h5-9H,1-4H3/t9-/m1/s1. The number of rotatable bonds is 3. The van der Waals surface area contributed by atoms with E-state index in [0.29, 0.717) is 5.06 Å². The van der Waals surface area contributed by atoms with E-state index in [1.54, 1.807) is 32.9 Å². The van der Waals surface area contributed by atoms with Crippen LogP contribution in [0.4, 0.5) is 0 Å². The van der Waals surface area contributed by atoms with Gasteiger partial charge in [0.1, 0.15) is 5.60 Å². The Morgan fingerprint density at radius 3 is 2.00 bits per heavy atom. The maximum absolute atomic E-state index is 12.1. The van der Waals surface area contributed by atoms with Crippen molar-refractivity contribution in [1.29, 1.82) is 0 Å². The molecule has 1 aliphatic heterocycles. The van der Waals surface area contributed by atoms with Gasteiger partial charge in [-0.3, -0.25) is 9.59 Å². The maximum Gasteiger partial charge on any atom is 0.338 e. The summed E-state index contributed by atoms with van der Waals surface area (Å²) >= 11 is 0. The number of carbonyl (C=O) groups excluding carboxylic acids is 3. The van der Waals surface area contributed by atoms with Gasteiger partial charge in [-0.25, -0.2) is 9.63 Å². The number of benzene rings is 1. The second-order valence-corrected chi connectivity index (χ2v) is 5.73. The van der Waals surface area contributed by atoms with Crippen LogP contribution < -0.4 is 0 Å². The van der Waals surface area contributed by atoms with Crippen molar-refractivity contribution in [3.8, 4) is 0 Å². The van der Waals surface area contributed by atoms with E-state index in [2.05, 4.69) is 0 Å². The van der Waals surface area contributed by atoms with Gasteiger partial charge in [0.15, 0.2) is 6.10 Å². The number of ether oxygens (including phenoxy) is 1. The number of carbonyl (C=O) groups is 3.